The third-order valence-corrected chi connectivity index (χ3v) is 3.94. The van der Waals surface area contributed by atoms with Gasteiger partial charge in [0, 0.05) is 10.3 Å². The predicted octanol–water partition coefficient (Wildman–Crippen LogP) is 4.20. The molecule has 0 amide bonds. The summed E-state index contributed by atoms with van der Waals surface area (Å²) < 4.78 is 20.3. The summed E-state index contributed by atoms with van der Waals surface area (Å²) in [4.78, 5) is 0. The third-order valence-electron chi connectivity index (χ3n) is 2.93. The second kappa shape index (κ2) is 4.90. The van der Waals surface area contributed by atoms with Crippen LogP contribution in [0.2, 0.25) is 0 Å². The van der Waals surface area contributed by atoms with E-state index in [0.29, 0.717) is 12.3 Å². The normalized spacial score (nSPS) is 10.8. The van der Waals surface area contributed by atoms with Gasteiger partial charge in [0.1, 0.15) is 6.61 Å². The maximum absolute atomic E-state index is 13.6. The van der Waals surface area contributed by atoms with Crippen LogP contribution in [0, 0.1) is 5.82 Å². The van der Waals surface area contributed by atoms with Gasteiger partial charge < -0.3 is 10.5 Å². The minimum atomic E-state index is -0.431. The fourth-order valence-corrected chi connectivity index (χ4v) is 2.92. The van der Waals surface area contributed by atoms with E-state index < -0.39 is 5.82 Å². The first kappa shape index (κ1) is 12.0. The minimum absolute atomic E-state index is 0.123. The Bertz CT molecular complexity index is 703. The highest BCUT2D eigenvalue weighted by Crippen LogP contribution is 2.29. The molecule has 2 nitrogen and oxygen atoms in total. The molecule has 0 spiro atoms. The van der Waals surface area contributed by atoms with Gasteiger partial charge in [-0.3, -0.25) is 0 Å². The smallest absolute Gasteiger partial charge is 0.178 e. The van der Waals surface area contributed by atoms with Gasteiger partial charge in [-0.1, -0.05) is 24.3 Å². The highest BCUT2D eigenvalue weighted by Gasteiger charge is 2.09. The number of benzene rings is 2. The lowest BCUT2D eigenvalue weighted by Gasteiger charge is -2.09. The topological polar surface area (TPSA) is 35.2 Å². The quantitative estimate of drug-likeness (QED) is 0.726. The number of nitrogen functional groups attached to an aromatic ring is 1. The molecule has 3 rings (SSSR count). The van der Waals surface area contributed by atoms with Gasteiger partial charge in [-0.05, 0) is 29.0 Å². The molecular formula is C15H12FNOS. The average molecular weight is 273 g/mol. The molecule has 2 aromatic carbocycles. The van der Waals surface area contributed by atoms with Crippen molar-refractivity contribution < 1.29 is 9.13 Å². The van der Waals surface area contributed by atoms with Crippen LogP contribution in [-0.4, -0.2) is 0 Å². The maximum atomic E-state index is 13.6. The van der Waals surface area contributed by atoms with Gasteiger partial charge in [0.25, 0.3) is 0 Å². The molecule has 0 saturated heterocycles. The van der Waals surface area contributed by atoms with E-state index >= 15 is 0 Å². The fraction of sp³-hybridized carbons (Fsp3) is 0.0667. The van der Waals surface area contributed by atoms with E-state index in [0.717, 1.165) is 10.9 Å². The Morgan fingerprint density at radius 1 is 1.11 bits per heavy atom. The highest BCUT2D eigenvalue weighted by atomic mass is 32.1. The summed E-state index contributed by atoms with van der Waals surface area (Å²) in [6.07, 6.45) is 0. The number of hydrogen-bond donors (Lipinski definition) is 1. The molecule has 1 heterocycles. The van der Waals surface area contributed by atoms with E-state index in [1.807, 2.05) is 23.6 Å². The number of hydrogen-bond acceptors (Lipinski definition) is 3. The first-order chi connectivity index (χ1) is 9.25. The van der Waals surface area contributed by atoms with E-state index in [1.165, 1.54) is 10.8 Å². The summed E-state index contributed by atoms with van der Waals surface area (Å²) in [7, 11) is 0. The van der Waals surface area contributed by atoms with Crippen LogP contribution >= 0.6 is 11.3 Å². The summed E-state index contributed by atoms with van der Waals surface area (Å²) in [6.45, 7) is 0.315. The molecular weight excluding hydrogens is 261 g/mol. The van der Waals surface area contributed by atoms with Gasteiger partial charge in [-0.15, -0.1) is 11.3 Å². The Morgan fingerprint density at radius 3 is 2.79 bits per heavy atom. The standard InChI is InChI=1S/C15H12FNOS/c16-12-5-3-6-13(17)15(12)18-8-10-9-19-14-7-2-1-4-11(10)14/h1-7,9H,8,17H2. The number of ether oxygens (including phenoxy) is 1. The van der Waals surface area contributed by atoms with Crippen LogP contribution in [0.15, 0.2) is 47.8 Å². The third kappa shape index (κ3) is 2.27. The fourth-order valence-electron chi connectivity index (χ4n) is 1.97. The lowest BCUT2D eigenvalue weighted by molar-refractivity contribution is 0.294. The monoisotopic (exact) mass is 273 g/mol. The van der Waals surface area contributed by atoms with Crippen LogP contribution in [-0.2, 0) is 6.61 Å². The number of nitrogens with two attached hydrogens (primary N) is 1. The molecule has 0 fully saturated rings. The van der Waals surface area contributed by atoms with E-state index in [1.54, 1.807) is 23.5 Å². The van der Waals surface area contributed by atoms with E-state index in [2.05, 4.69) is 6.07 Å². The number of rotatable bonds is 3. The SMILES string of the molecule is Nc1cccc(F)c1OCc1csc2ccccc12. The molecule has 4 heteroatoms. The Labute approximate surface area is 114 Å². The molecule has 3 aromatic rings. The average Bonchev–Trinajstić information content (AvgIpc) is 2.82. The molecule has 0 saturated carbocycles. The zero-order valence-corrected chi connectivity index (χ0v) is 10.9. The largest absolute Gasteiger partial charge is 0.484 e. The van der Waals surface area contributed by atoms with Crippen LogP contribution in [0.3, 0.4) is 0 Å². The number of fused-ring (bicyclic) bond motifs is 1. The molecule has 2 N–H and O–H groups in total. The van der Waals surface area contributed by atoms with Gasteiger partial charge in [0.05, 0.1) is 5.69 Å². The lowest BCUT2D eigenvalue weighted by atomic mass is 10.2. The van der Waals surface area contributed by atoms with Crippen molar-refractivity contribution in [2.24, 2.45) is 0 Å². The highest BCUT2D eigenvalue weighted by molar-refractivity contribution is 7.17. The molecule has 1 aromatic heterocycles. The Balaban J connectivity index is 1.87. The molecule has 0 atom stereocenters. The molecule has 19 heavy (non-hydrogen) atoms. The second-order valence-electron chi connectivity index (χ2n) is 4.20. The zero-order valence-electron chi connectivity index (χ0n) is 10.1. The molecule has 0 radical (unpaired) electrons. The van der Waals surface area contributed by atoms with Gasteiger partial charge in [-0.25, -0.2) is 4.39 Å². The molecule has 0 bridgehead atoms. The Hall–Kier alpha value is -2.07. The van der Waals surface area contributed by atoms with Crippen molar-refractivity contribution in [1.29, 1.82) is 0 Å². The Kier molecular flexibility index (Phi) is 3.09. The van der Waals surface area contributed by atoms with Crippen LogP contribution in [0.1, 0.15) is 5.56 Å². The van der Waals surface area contributed by atoms with Gasteiger partial charge in [0.2, 0.25) is 0 Å². The maximum Gasteiger partial charge on any atom is 0.178 e. The van der Waals surface area contributed by atoms with Crippen LogP contribution in [0.25, 0.3) is 10.1 Å². The van der Waals surface area contributed by atoms with Crippen LogP contribution in [0.4, 0.5) is 10.1 Å². The van der Waals surface area contributed by atoms with Gasteiger partial charge >= 0.3 is 0 Å². The summed E-state index contributed by atoms with van der Waals surface area (Å²) in [5, 5.41) is 3.17. The molecule has 0 aliphatic rings. The van der Waals surface area contributed by atoms with E-state index in [-0.39, 0.29) is 5.75 Å². The molecule has 96 valence electrons. The van der Waals surface area contributed by atoms with E-state index in [4.69, 9.17) is 10.5 Å². The number of para-hydroxylation sites is 1. The van der Waals surface area contributed by atoms with Crippen molar-refractivity contribution in [3.05, 3.63) is 59.2 Å². The summed E-state index contributed by atoms with van der Waals surface area (Å²) in [6, 6.07) is 12.6. The number of halogens is 1. The molecule has 0 unspecified atom stereocenters. The molecule has 0 aliphatic carbocycles. The predicted molar refractivity (Wildman–Crippen MR) is 77.0 cm³/mol. The first-order valence-corrected chi connectivity index (χ1v) is 6.75. The minimum Gasteiger partial charge on any atom is -0.484 e. The van der Waals surface area contributed by atoms with Crippen molar-refractivity contribution in [1.82, 2.24) is 0 Å². The van der Waals surface area contributed by atoms with Crippen molar-refractivity contribution in [2.45, 2.75) is 6.61 Å². The van der Waals surface area contributed by atoms with E-state index in [9.17, 15) is 4.39 Å². The zero-order chi connectivity index (χ0) is 13.2. The van der Waals surface area contributed by atoms with Crippen molar-refractivity contribution in [2.75, 3.05) is 5.73 Å². The summed E-state index contributed by atoms with van der Waals surface area (Å²) in [5.74, 6) is -0.308. The van der Waals surface area contributed by atoms with Crippen molar-refractivity contribution in [3.63, 3.8) is 0 Å². The van der Waals surface area contributed by atoms with Crippen LogP contribution in [0.5, 0.6) is 5.75 Å². The van der Waals surface area contributed by atoms with Gasteiger partial charge in [-0.2, -0.15) is 0 Å². The molecule has 0 aliphatic heterocycles. The van der Waals surface area contributed by atoms with Gasteiger partial charge in [0.15, 0.2) is 11.6 Å². The first-order valence-electron chi connectivity index (χ1n) is 5.87. The van der Waals surface area contributed by atoms with Crippen molar-refractivity contribution >= 4 is 27.1 Å². The van der Waals surface area contributed by atoms with Crippen molar-refractivity contribution in [3.8, 4) is 5.75 Å². The lowest BCUT2D eigenvalue weighted by Crippen LogP contribution is -2.00. The summed E-state index contributed by atoms with van der Waals surface area (Å²) >= 11 is 1.65. The second-order valence-corrected chi connectivity index (χ2v) is 5.12. The van der Waals surface area contributed by atoms with Crippen LogP contribution < -0.4 is 10.5 Å². The Morgan fingerprint density at radius 2 is 1.95 bits per heavy atom. The number of thiophene rings is 1. The number of anilines is 1. The summed E-state index contributed by atoms with van der Waals surface area (Å²) in [5.41, 5.74) is 7.07.